The number of ether oxygens (including phenoxy) is 1. The first-order chi connectivity index (χ1) is 13.0. The molecule has 2 aromatic carbocycles. The number of methoxy groups -OCH3 is 1. The third-order valence-corrected chi connectivity index (χ3v) is 5.99. The normalized spacial score (nSPS) is 16.7. The Bertz CT molecular complexity index is 953. The number of halogens is 2. The van der Waals surface area contributed by atoms with Gasteiger partial charge in [0.1, 0.15) is 5.75 Å². The van der Waals surface area contributed by atoms with Crippen LogP contribution in [0.5, 0.6) is 5.75 Å². The van der Waals surface area contributed by atoms with Crippen LogP contribution in [0, 0.1) is 11.3 Å². The molecule has 7 heteroatoms. The molecular weight excluding hydrogens is 403 g/mol. The van der Waals surface area contributed by atoms with Crippen molar-refractivity contribution in [3.05, 3.63) is 74.2 Å². The minimum atomic E-state index is -0.346. The molecule has 4 nitrogen and oxygen atoms in total. The Morgan fingerprint density at radius 2 is 2.04 bits per heavy atom. The summed E-state index contributed by atoms with van der Waals surface area (Å²) in [7, 11) is 1.54. The van der Waals surface area contributed by atoms with E-state index in [-0.39, 0.29) is 18.2 Å². The largest absolute Gasteiger partial charge is 0.495 e. The van der Waals surface area contributed by atoms with Crippen molar-refractivity contribution in [2.24, 2.45) is 0 Å². The summed E-state index contributed by atoms with van der Waals surface area (Å²) >= 11 is 13.8. The zero-order valence-electron chi connectivity index (χ0n) is 14.5. The fourth-order valence-electron chi connectivity index (χ4n) is 2.88. The van der Waals surface area contributed by atoms with Gasteiger partial charge in [0.2, 0.25) is 5.91 Å². The zero-order valence-corrected chi connectivity index (χ0v) is 16.8. The molecule has 1 amide bonds. The predicted molar refractivity (Wildman–Crippen MR) is 109 cm³/mol. The average molecular weight is 419 g/mol. The maximum absolute atomic E-state index is 12.3. The molecule has 0 unspecified atom stereocenters. The molecule has 0 fully saturated rings. The topological polar surface area (TPSA) is 62.1 Å². The standard InChI is InChI=1S/C20H16Cl2N2O2S/c1-26-18-7-6-12(8-17(18)22)14-9-19(25)24-20(15(14)10-23)27-11-13-4-2-3-5-16(13)21/h2-8,14H,9,11H2,1H3,(H,24,25)/t14-/m0/s1. The fourth-order valence-corrected chi connectivity index (χ4v) is 4.51. The molecule has 1 aliphatic heterocycles. The number of allylic oxidation sites excluding steroid dienone is 1. The summed E-state index contributed by atoms with van der Waals surface area (Å²) < 4.78 is 5.18. The van der Waals surface area contributed by atoms with Crippen LogP contribution in [0.3, 0.4) is 0 Å². The van der Waals surface area contributed by atoms with Gasteiger partial charge in [-0.15, -0.1) is 11.8 Å². The van der Waals surface area contributed by atoms with Gasteiger partial charge in [0.15, 0.2) is 0 Å². The van der Waals surface area contributed by atoms with E-state index >= 15 is 0 Å². The van der Waals surface area contributed by atoms with Crippen LogP contribution in [0.1, 0.15) is 23.5 Å². The monoisotopic (exact) mass is 418 g/mol. The Morgan fingerprint density at radius 1 is 1.26 bits per heavy atom. The van der Waals surface area contributed by atoms with Crippen molar-refractivity contribution in [1.82, 2.24) is 5.32 Å². The molecule has 0 saturated carbocycles. The van der Waals surface area contributed by atoms with Gasteiger partial charge < -0.3 is 10.1 Å². The van der Waals surface area contributed by atoms with E-state index in [1.54, 1.807) is 19.2 Å². The SMILES string of the molecule is COc1ccc([C@@H]2CC(=O)NC(SCc3ccccc3Cl)=C2C#N)cc1Cl. The summed E-state index contributed by atoms with van der Waals surface area (Å²) in [4.78, 5) is 12.3. The second-order valence-electron chi connectivity index (χ2n) is 5.93. The number of carbonyl (C=O) groups is 1. The predicted octanol–water partition coefficient (Wildman–Crippen LogP) is 5.27. The van der Waals surface area contributed by atoms with E-state index in [0.717, 1.165) is 11.1 Å². The summed E-state index contributed by atoms with van der Waals surface area (Å²) in [5.41, 5.74) is 2.27. The van der Waals surface area contributed by atoms with Crippen LogP contribution in [0.4, 0.5) is 0 Å². The highest BCUT2D eigenvalue weighted by Crippen LogP contribution is 2.39. The number of benzene rings is 2. The van der Waals surface area contributed by atoms with Gasteiger partial charge in [-0.2, -0.15) is 5.26 Å². The van der Waals surface area contributed by atoms with Gasteiger partial charge in [-0.05, 0) is 29.3 Å². The van der Waals surface area contributed by atoms with Crippen molar-refractivity contribution in [1.29, 1.82) is 5.26 Å². The average Bonchev–Trinajstić information content (AvgIpc) is 2.66. The lowest BCUT2D eigenvalue weighted by atomic mass is 9.87. The van der Waals surface area contributed by atoms with Crippen LogP contribution in [0.15, 0.2) is 53.1 Å². The first-order valence-electron chi connectivity index (χ1n) is 8.17. The summed E-state index contributed by atoms with van der Waals surface area (Å²) in [5, 5.41) is 14.2. The number of carbonyl (C=O) groups excluding carboxylic acids is 1. The second kappa shape index (κ2) is 8.71. The molecule has 3 rings (SSSR count). The minimum absolute atomic E-state index is 0.132. The molecule has 2 aromatic rings. The van der Waals surface area contributed by atoms with Gasteiger partial charge in [-0.1, -0.05) is 47.5 Å². The smallest absolute Gasteiger partial charge is 0.225 e. The maximum atomic E-state index is 12.3. The van der Waals surface area contributed by atoms with Gasteiger partial charge in [0.05, 0.1) is 28.8 Å². The van der Waals surface area contributed by atoms with E-state index in [0.29, 0.717) is 32.1 Å². The number of rotatable bonds is 5. The van der Waals surface area contributed by atoms with Gasteiger partial charge in [0.25, 0.3) is 0 Å². The van der Waals surface area contributed by atoms with Crippen molar-refractivity contribution in [2.45, 2.75) is 18.1 Å². The molecule has 0 aromatic heterocycles. The summed E-state index contributed by atoms with van der Waals surface area (Å²) in [6, 6.07) is 15.1. The highest BCUT2D eigenvalue weighted by Gasteiger charge is 2.30. The van der Waals surface area contributed by atoms with E-state index in [1.807, 2.05) is 30.3 Å². The first-order valence-corrected chi connectivity index (χ1v) is 9.91. The summed E-state index contributed by atoms with van der Waals surface area (Å²) in [5.74, 6) is 0.626. The van der Waals surface area contributed by atoms with Crippen molar-refractivity contribution in [2.75, 3.05) is 7.11 Å². The van der Waals surface area contributed by atoms with E-state index in [4.69, 9.17) is 27.9 Å². The molecule has 0 radical (unpaired) electrons. The lowest BCUT2D eigenvalue weighted by Gasteiger charge is -2.25. The molecule has 1 heterocycles. The summed E-state index contributed by atoms with van der Waals surface area (Å²) in [6.07, 6.45) is 0.196. The number of thioether (sulfide) groups is 1. The minimum Gasteiger partial charge on any atom is -0.495 e. The van der Waals surface area contributed by atoms with E-state index in [9.17, 15) is 10.1 Å². The first kappa shape index (κ1) is 19.6. The number of nitrogens with zero attached hydrogens (tertiary/aromatic N) is 1. The highest BCUT2D eigenvalue weighted by molar-refractivity contribution is 8.02. The zero-order chi connectivity index (χ0) is 19.4. The van der Waals surface area contributed by atoms with E-state index in [1.165, 1.54) is 11.8 Å². The second-order valence-corrected chi connectivity index (χ2v) is 7.73. The number of hydrogen-bond donors (Lipinski definition) is 1. The molecule has 0 saturated heterocycles. The van der Waals surface area contributed by atoms with Crippen LogP contribution >= 0.6 is 35.0 Å². The Morgan fingerprint density at radius 3 is 2.70 bits per heavy atom. The maximum Gasteiger partial charge on any atom is 0.225 e. The molecule has 1 atom stereocenters. The highest BCUT2D eigenvalue weighted by atomic mass is 35.5. The number of nitrogens with one attached hydrogen (secondary N) is 1. The molecule has 1 aliphatic rings. The van der Waals surface area contributed by atoms with Crippen LogP contribution in [0.25, 0.3) is 0 Å². The van der Waals surface area contributed by atoms with Crippen molar-refractivity contribution in [3.63, 3.8) is 0 Å². The van der Waals surface area contributed by atoms with Crippen LogP contribution < -0.4 is 10.1 Å². The lowest BCUT2D eigenvalue weighted by molar-refractivity contribution is -0.120. The Hall–Kier alpha value is -2.13. The van der Waals surface area contributed by atoms with Gasteiger partial charge in [-0.25, -0.2) is 0 Å². The molecule has 138 valence electrons. The van der Waals surface area contributed by atoms with E-state index < -0.39 is 0 Å². The van der Waals surface area contributed by atoms with Crippen LogP contribution in [0.2, 0.25) is 10.0 Å². The number of hydrogen-bond acceptors (Lipinski definition) is 4. The van der Waals surface area contributed by atoms with Crippen LogP contribution in [-0.4, -0.2) is 13.0 Å². The summed E-state index contributed by atoms with van der Waals surface area (Å²) in [6.45, 7) is 0. The van der Waals surface area contributed by atoms with Gasteiger partial charge >= 0.3 is 0 Å². The third kappa shape index (κ3) is 4.41. The van der Waals surface area contributed by atoms with Crippen molar-refractivity contribution in [3.8, 4) is 11.8 Å². The van der Waals surface area contributed by atoms with Gasteiger partial charge in [0, 0.05) is 23.1 Å². The Balaban J connectivity index is 1.91. The number of amides is 1. The Labute approximate surface area is 172 Å². The quantitative estimate of drug-likeness (QED) is 0.717. The molecular formula is C20H16Cl2N2O2S. The molecule has 0 spiro atoms. The third-order valence-electron chi connectivity index (χ3n) is 4.26. The molecule has 0 aliphatic carbocycles. The van der Waals surface area contributed by atoms with E-state index in [2.05, 4.69) is 11.4 Å². The lowest BCUT2D eigenvalue weighted by Crippen LogP contribution is -2.30. The van der Waals surface area contributed by atoms with Gasteiger partial charge in [-0.3, -0.25) is 4.79 Å². The molecule has 1 N–H and O–H groups in total. The van der Waals surface area contributed by atoms with Crippen LogP contribution in [-0.2, 0) is 10.5 Å². The molecule has 0 bridgehead atoms. The fraction of sp³-hybridized carbons (Fsp3) is 0.200. The van der Waals surface area contributed by atoms with Crippen molar-refractivity contribution < 1.29 is 9.53 Å². The number of nitriles is 1. The van der Waals surface area contributed by atoms with Crippen molar-refractivity contribution >= 4 is 40.9 Å². The Kier molecular flexibility index (Phi) is 6.33. The molecule has 27 heavy (non-hydrogen) atoms.